The third kappa shape index (κ3) is 3.93. The summed E-state index contributed by atoms with van der Waals surface area (Å²) in [4.78, 5) is 6.63. The second-order valence-electron chi connectivity index (χ2n) is 6.87. The molecule has 1 fully saturated rings. The molecule has 4 rings (SSSR count). The van der Waals surface area contributed by atoms with Crippen molar-refractivity contribution in [3.05, 3.63) is 84.8 Å². The minimum absolute atomic E-state index is 0.362. The predicted octanol–water partition coefficient (Wildman–Crippen LogP) is 3.30. The topological polar surface area (TPSA) is 53.5 Å². The van der Waals surface area contributed by atoms with Gasteiger partial charge in [-0.05, 0) is 30.3 Å². The Labute approximate surface area is 166 Å². The standard InChI is InChI=1S/C22H23N3O2S/c26-28(27,22-10-4-9-20-18-23-12-11-21(20)22)25-16-14-24(15-17-25)13-5-8-19-6-2-1-3-7-19/h1-7,9-13,18H,8,14-17H2/b13-5+. The lowest BCUT2D eigenvalue weighted by molar-refractivity contribution is 0.244. The lowest BCUT2D eigenvalue weighted by atomic mass is 10.1. The van der Waals surface area contributed by atoms with E-state index >= 15 is 0 Å². The van der Waals surface area contributed by atoms with Gasteiger partial charge in [-0.1, -0.05) is 48.5 Å². The Bertz CT molecular complexity index is 1070. The van der Waals surface area contributed by atoms with Gasteiger partial charge in [0.25, 0.3) is 0 Å². The summed E-state index contributed by atoms with van der Waals surface area (Å²) in [6, 6.07) is 17.4. The van der Waals surface area contributed by atoms with Crippen molar-refractivity contribution in [3.63, 3.8) is 0 Å². The maximum Gasteiger partial charge on any atom is 0.243 e. The summed E-state index contributed by atoms with van der Waals surface area (Å²) in [6.45, 7) is 2.35. The molecule has 1 aliphatic rings. The molecule has 0 saturated carbocycles. The van der Waals surface area contributed by atoms with E-state index in [0.717, 1.165) is 17.2 Å². The first kappa shape index (κ1) is 18.7. The molecular formula is C22H23N3O2S. The van der Waals surface area contributed by atoms with E-state index in [-0.39, 0.29) is 0 Å². The van der Waals surface area contributed by atoms with Gasteiger partial charge in [-0.25, -0.2) is 8.42 Å². The number of hydrogen-bond acceptors (Lipinski definition) is 4. The molecule has 0 radical (unpaired) electrons. The SMILES string of the molecule is O=S(=O)(c1cccc2cnccc12)N1CCN(/C=C/Cc2ccccc2)CC1. The van der Waals surface area contributed by atoms with Crippen molar-refractivity contribution in [1.29, 1.82) is 0 Å². The molecule has 1 aliphatic heterocycles. The second kappa shape index (κ2) is 8.12. The number of allylic oxidation sites excluding steroid dienone is 1. The molecule has 0 atom stereocenters. The van der Waals surface area contributed by atoms with E-state index in [9.17, 15) is 8.42 Å². The predicted molar refractivity (Wildman–Crippen MR) is 111 cm³/mol. The summed E-state index contributed by atoms with van der Waals surface area (Å²) >= 11 is 0. The zero-order chi connectivity index (χ0) is 19.4. The molecular weight excluding hydrogens is 370 g/mol. The summed E-state index contributed by atoms with van der Waals surface area (Å²) in [5, 5.41) is 1.56. The number of benzene rings is 2. The van der Waals surface area contributed by atoms with Gasteiger partial charge in [0.1, 0.15) is 0 Å². The minimum Gasteiger partial charge on any atom is -0.375 e. The van der Waals surface area contributed by atoms with E-state index in [1.54, 1.807) is 34.9 Å². The number of hydrogen-bond donors (Lipinski definition) is 0. The molecule has 1 saturated heterocycles. The van der Waals surface area contributed by atoms with Crippen LogP contribution in [0.25, 0.3) is 10.8 Å². The molecule has 2 heterocycles. The van der Waals surface area contributed by atoms with Crippen molar-refractivity contribution in [3.8, 4) is 0 Å². The Hall–Kier alpha value is -2.70. The lowest BCUT2D eigenvalue weighted by Crippen LogP contribution is -2.46. The summed E-state index contributed by atoms with van der Waals surface area (Å²) < 4.78 is 27.9. The molecule has 3 aromatic rings. The highest BCUT2D eigenvalue weighted by atomic mass is 32.2. The minimum atomic E-state index is -3.52. The third-order valence-electron chi connectivity index (χ3n) is 5.04. The van der Waals surface area contributed by atoms with Crippen LogP contribution in [0.3, 0.4) is 0 Å². The molecule has 5 nitrogen and oxygen atoms in total. The number of piperazine rings is 1. The summed E-state index contributed by atoms with van der Waals surface area (Å²) in [5.74, 6) is 0. The van der Waals surface area contributed by atoms with E-state index in [0.29, 0.717) is 31.1 Å². The zero-order valence-corrected chi connectivity index (χ0v) is 16.4. The van der Waals surface area contributed by atoms with Crippen LogP contribution in [0.4, 0.5) is 0 Å². The van der Waals surface area contributed by atoms with Crippen molar-refractivity contribution in [2.24, 2.45) is 0 Å². The van der Waals surface area contributed by atoms with E-state index in [2.05, 4.69) is 34.3 Å². The van der Waals surface area contributed by atoms with Crippen LogP contribution in [0.5, 0.6) is 0 Å². The van der Waals surface area contributed by atoms with Gasteiger partial charge in [0.05, 0.1) is 4.90 Å². The Kier molecular flexibility index (Phi) is 5.41. The fourth-order valence-corrected chi connectivity index (χ4v) is 5.14. The maximum atomic E-state index is 13.2. The van der Waals surface area contributed by atoms with E-state index < -0.39 is 10.0 Å². The first-order chi connectivity index (χ1) is 13.6. The van der Waals surface area contributed by atoms with Crippen LogP contribution in [-0.2, 0) is 16.4 Å². The molecule has 28 heavy (non-hydrogen) atoms. The number of fused-ring (bicyclic) bond motifs is 1. The molecule has 0 N–H and O–H groups in total. The normalized spacial score (nSPS) is 16.1. The fraction of sp³-hybridized carbons (Fsp3) is 0.227. The molecule has 0 spiro atoms. The Morgan fingerprint density at radius 3 is 2.50 bits per heavy atom. The molecule has 2 aromatic carbocycles. The van der Waals surface area contributed by atoms with Gasteiger partial charge in [0.15, 0.2) is 0 Å². The van der Waals surface area contributed by atoms with Gasteiger partial charge in [-0.15, -0.1) is 0 Å². The highest BCUT2D eigenvalue weighted by Crippen LogP contribution is 2.25. The lowest BCUT2D eigenvalue weighted by Gasteiger charge is -2.33. The molecule has 1 aromatic heterocycles. The van der Waals surface area contributed by atoms with Crippen molar-refractivity contribution in [2.75, 3.05) is 26.2 Å². The fourth-order valence-electron chi connectivity index (χ4n) is 3.50. The van der Waals surface area contributed by atoms with Crippen LogP contribution in [0.2, 0.25) is 0 Å². The van der Waals surface area contributed by atoms with Gasteiger partial charge in [-0.3, -0.25) is 4.98 Å². The summed E-state index contributed by atoms with van der Waals surface area (Å²) in [6.07, 6.45) is 8.43. The van der Waals surface area contributed by atoms with Gasteiger partial charge in [-0.2, -0.15) is 4.31 Å². The summed E-state index contributed by atoms with van der Waals surface area (Å²) in [7, 11) is -3.52. The number of nitrogens with zero attached hydrogens (tertiary/aromatic N) is 3. The van der Waals surface area contributed by atoms with Crippen LogP contribution in [0, 0.1) is 0 Å². The highest BCUT2D eigenvalue weighted by molar-refractivity contribution is 7.89. The smallest absolute Gasteiger partial charge is 0.243 e. The highest BCUT2D eigenvalue weighted by Gasteiger charge is 2.28. The van der Waals surface area contributed by atoms with Crippen LogP contribution in [0.1, 0.15) is 5.56 Å². The maximum absolute atomic E-state index is 13.2. The monoisotopic (exact) mass is 393 g/mol. The van der Waals surface area contributed by atoms with E-state index in [1.807, 2.05) is 24.3 Å². The number of aromatic nitrogens is 1. The van der Waals surface area contributed by atoms with Crippen LogP contribution >= 0.6 is 0 Å². The first-order valence-electron chi connectivity index (χ1n) is 9.42. The molecule has 0 bridgehead atoms. The molecule has 144 valence electrons. The molecule has 0 amide bonds. The Morgan fingerprint density at radius 2 is 1.71 bits per heavy atom. The number of sulfonamides is 1. The second-order valence-corrected chi connectivity index (χ2v) is 8.77. The van der Waals surface area contributed by atoms with Crippen LogP contribution in [0.15, 0.2) is 84.2 Å². The third-order valence-corrected chi connectivity index (χ3v) is 7.00. The van der Waals surface area contributed by atoms with E-state index in [4.69, 9.17) is 0 Å². The van der Waals surface area contributed by atoms with Gasteiger partial charge < -0.3 is 4.90 Å². The van der Waals surface area contributed by atoms with Crippen molar-refractivity contribution in [1.82, 2.24) is 14.2 Å². The zero-order valence-electron chi connectivity index (χ0n) is 15.6. The quantitative estimate of drug-likeness (QED) is 0.667. The van der Waals surface area contributed by atoms with Gasteiger partial charge >= 0.3 is 0 Å². The van der Waals surface area contributed by atoms with Crippen molar-refractivity contribution < 1.29 is 8.42 Å². The summed E-state index contributed by atoms with van der Waals surface area (Å²) in [5.41, 5.74) is 1.27. The van der Waals surface area contributed by atoms with Crippen LogP contribution in [-0.4, -0.2) is 48.8 Å². The average Bonchev–Trinajstić information content (AvgIpc) is 2.74. The van der Waals surface area contributed by atoms with E-state index in [1.165, 1.54) is 5.56 Å². The number of rotatable bonds is 5. The molecule has 0 unspecified atom stereocenters. The average molecular weight is 394 g/mol. The first-order valence-corrected chi connectivity index (χ1v) is 10.9. The van der Waals surface area contributed by atoms with Crippen molar-refractivity contribution in [2.45, 2.75) is 11.3 Å². The van der Waals surface area contributed by atoms with Crippen molar-refractivity contribution >= 4 is 20.8 Å². The Morgan fingerprint density at radius 1 is 0.929 bits per heavy atom. The van der Waals surface area contributed by atoms with Gasteiger partial charge in [0, 0.05) is 49.3 Å². The largest absolute Gasteiger partial charge is 0.375 e. The molecule has 0 aliphatic carbocycles. The van der Waals surface area contributed by atoms with Crippen LogP contribution < -0.4 is 0 Å². The Balaban J connectivity index is 1.43. The molecule has 6 heteroatoms. The number of pyridine rings is 1. The van der Waals surface area contributed by atoms with Gasteiger partial charge in [0.2, 0.25) is 10.0 Å².